The summed E-state index contributed by atoms with van der Waals surface area (Å²) < 4.78 is 5.93. The van der Waals surface area contributed by atoms with Crippen LogP contribution in [0.2, 0.25) is 5.02 Å². The Balaban J connectivity index is 1.91. The lowest BCUT2D eigenvalue weighted by molar-refractivity contribution is 0.0256. The predicted octanol–water partition coefficient (Wildman–Crippen LogP) is 3.38. The SMILES string of the molecule is CCC(N)Cc1c(Cl)cccc1N1CCOC2CCCC21. The van der Waals surface area contributed by atoms with Crippen LogP contribution in [0.4, 0.5) is 5.69 Å². The number of morpholine rings is 1. The minimum atomic E-state index is 0.170. The average molecular weight is 309 g/mol. The molecule has 0 amide bonds. The van der Waals surface area contributed by atoms with Crippen LogP contribution in [-0.2, 0) is 11.2 Å². The zero-order chi connectivity index (χ0) is 14.8. The van der Waals surface area contributed by atoms with Crippen LogP contribution in [0.3, 0.4) is 0 Å². The molecule has 1 aliphatic carbocycles. The number of hydrogen-bond acceptors (Lipinski definition) is 3. The van der Waals surface area contributed by atoms with E-state index in [9.17, 15) is 0 Å². The Kier molecular flexibility index (Phi) is 4.72. The lowest BCUT2D eigenvalue weighted by Gasteiger charge is -2.40. The highest BCUT2D eigenvalue weighted by molar-refractivity contribution is 6.31. The first kappa shape index (κ1) is 15.1. The van der Waals surface area contributed by atoms with Crippen LogP contribution >= 0.6 is 11.6 Å². The Morgan fingerprint density at radius 1 is 1.43 bits per heavy atom. The van der Waals surface area contributed by atoms with Gasteiger partial charge in [-0.15, -0.1) is 0 Å². The summed E-state index contributed by atoms with van der Waals surface area (Å²) in [4.78, 5) is 2.52. The molecule has 0 radical (unpaired) electrons. The zero-order valence-electron chi connectivity index (χ0n) is 12.7. The molecule has 2 N–H and O–H groups in total. The molecule has 21 heavy (non-hydrogen) atoms. The molecule has 2 aliphatic rings. The lowest BCUT2D eigenvalue weighted by Crippen LogP contribution is -2.49. The van der Waals surface area contributed by atoms with E-state index in [0.717, 1.165) is 31.0 Å². The van der Waals surface area contributed by atoms with Crippen LogP contribution in [-0.4, -0.2) is 31.3 Å². The van der Waals surface area contributed by atoms with Crippen molar-refractivity contribution in [1.29, 1.82) is 0 Å². The zero-order valence-corrected chi connectivity index (χ0v) is 13.5. The van der Waals surface area contributed by atoms with Crippen LogP contribution in [0, 0.1) is 0 Å². The lowest BCUT2D eigenvalue weighted by atomic mass is 10.00. The molecule has 1 aliphatic heterocycles. The number of nitrogens with two attached hydrogens (primary N) is 1. The number of fused-ring (bicyclic) bond motifs is 1. The second-order valence-corrected chi connectivity index (χ2v) is 6.62. The maximum atomic E-state index is 6.48. The summed E-state index contributed by atoms with van der Waals surface area (Å²) in [7, 11) is 0. The fourth-order valence-corrected chi connectivity index (χ4v) is 3.90. The predicted molar refractivity (Wildman–Crippen MR) is 88.1 cm³/mol. The summed E-state index contributed by atoms with van der Waals surface area (Å²) in [5.74, 6) is 0. The number of nitrogens with zero attached hydrogens (tertiary/aromatic N) is 1. The van der Waals surface area contributed by atoms with E-state index < -0.39 is 0 Å². The van der Waals surface area contributed by atoms with Crippen LogP contribution in [0.1, 0.15) is 38.2 Å². The van der Waals surface area contributed by atoms with Crippen molar-refractivity contribution in [2.24, 2.45) is 5.73 Å². The Hall–Kier alpha value is -0.770. The smallest absolute Gasteiger partial charge is 0.0779 e. The standard InChI is InChI=1S/C17H25ClN2O/c1-2-12(19)11-13-14(18)5-3-6-15(13)20-9-10-21-17-8-4-7-16(17)20/h3,5-6,12,16-17H,2,4,7-11,19H2,1H3. The third-order valence-corrected chi connectivity index (χ3v) is 5.23. The van der Waals surface area contributed by atoms with Crippen LogP contribution in [0.5, 0.6) is 0 Å². The third kappa shape index (κ3) is 3.05. The van der Waals surface area contributed by atoms with E-state index in [1.165, 1.54) is 30.5 Å². The van der Waals surface area contributed by atoms with E-state index >= 15 is 0 Å². The molecule has 0 aromatic heterocycles. The summed E-state index contributed by atoms with van der Waals surface area (Å²) >= 11 is 6.48. The van der Waals surface area contributed by atoms with E-state index in [2.05, 4.69) is 24.0 Å². The van der Waals surface area contributed by atoms with Gasteiger partial charge < -0.3 is 15.4 Å². The van der Waals surface area contributed by atoms with E-state index in [1.54, 1.807) is 0 Å². The molecule has 1 saturated heterocycles. The molecule has 116 valence electrons. The number of benzene rings is 1. The van der Waals surface area contributed by atoms with Crippen molar-refractivity contribution in [3.05, 3.63) is 28.8 Å². The molecule has 3 nitrogen and oxygen atoms in total. The Morgan fingerprint density at radius 2 is 2.29 bits per heavy atom. The number of anilines is 1. The fourth-order valence-electron chi connectivity index (χ4n) is 3.65. The number of hydrogen-bond donors (Lipinski definition) is 1. The average Bonchev–Trinajstić information content (AvgIpc) is 2.97. The first-order chi connectivity index (χ1) is 10.2. The highest BCUT2D eigenvalue weighted by atomic mass is 35.5. The Bertz CT molecular complexity index is 494. The first-order valence-corrected chi connectivity index (χ1v) is 8.49. The van der Waals surface area contributed by atoms with Crippen molar-refractivity contribution >= 4 is 17.3 Å². The number of halogens is 1. The molecule has 1 heterocycles. The molecule has 1 aromatic carbocycles. The molecule has 4 heteroatoms. The van der Waals surface area contributed by atoms with Gasteiger partial charge in [0.05, 0.1) is 18.8 Å². The largest absolute Gasteiger partial charge is 0.374 e. The Labute approximate surface area is 132 Å². The van der Waals surface area contributed by atoms with E-state index in [1.807, 2.05) is 6.07 Å². The quantitative estimate of drug-likeness (QED) is 0.926. The molecule has 3 unspecified atom stereocenters. The van der Waals surface area contributed by atoms with Crippen molar-refractivity contribution < 1.29 is 4.74 Å². The van der Waals surface area contributed by atoms with Crippen LogP contribution < -0.4 is 10.6 Å². The minimum absolute atomic E-state index is 0.170. The molecular formula is C17H25ClN2O. The van der Waals surface area contributed by atoms with Crippen molar-refractivity contribution in [2.75, 3.05) is 18.1 Å². The molecule has 1 aromatic rings. The van der Waals surface area contributed by atoms with Gasteiger partial charge in [0.25, 0.3) is 0 Å². The Morgan fingerprint density at radius 3 is 3.10 bits per heavy atom. The van der Waals surface area contributed by atoms with E-state index in [0.29, 0.717) is 12.1 Å². The first-order valence-electron chi connectivity index (χ1n) is 8.12. The highest BCUT2D eigenvalue weighted by Crippen LogP contribution is 2.37. The van der Waals surface area contributed by atoms with E-state index in [-0.39, 0.29) is 6.04 Å². The summed E-state index contributed by atoms with van der Waals surface area (Å²) in [6.07, 6.45) is 5.88. The summed E-state index contributed by atoms with van der Waals surface area (Å²) in [5, 5.41) is 0.845. The molecule has 1 saturated carbocycles. The monoisotopic (exact) mass is 308 g/mol. The van der Waals surface area contributed by atoms with Crippen molar-refractivity contribution in [3.8, 4) is 0 Å². The van der Waals surface area contributed by atoms with E-state index in [4.69, 9.17) is 22.1 Å². The molecule has 2 fully saturated rings. The highest BCUT2D eigenvalue weighted by Gasteiger charge is 2.37. The van der Waals surface area contributed by atoms with Crippen molar-refractivity contribution in [1.82, 2.24) is 0 Å². The topological polar surface area (TPSA) is 38.5 Å². The second kappa shape index (κ2) is 6.55. The molecule has 0 spiro atoms. The maximum Gasteiger partial charge on any atom is 0.0779 e. The number of rotatable bonds is 4. The molecule has 3 rings (SSSR count). The van der Waals surface area contributed by atoms with Gasteiger partial charge in [-0.3, -0.25) is 0 Å². The second-order valence-electron chi connectivity index (χ2n) is 6.21. The van der Waals surface area contributed by atoms with Gasteiger partial charge in [-0.1, -0.05) is 24.6 Å². The van der Waals surface area contributed by atoms with Gasteiger partial charge in [0.1, 0.15) is 0 Å². The summed E-state index contributed by atoms with van der Waals surface area (Å²) in [5.41, 5.74) is 8.66. The summed E-state index contributed by atoms with van der Waals surface area (Å²) in [6, 6.07) is 6.91. The van der Waals surface area contributed by atoms with Gasteiger partial charge in [0, 0.05) is 23.3 Å². The molecular weight excluding hydrogens is 284 g/mol. The van der Waals surface area contributed by atoms with Gasteiger partial charge >= 0.3 is 0 Å². The van der Waals surface area contributed by atoms with Gasteiger partial charge in [-0.25, -0.2) is 0 Å². The molecule has 0 bridgehead atoms. The van der Waals surface area contributed by atoms with Crippen molar-refractivity contribution in [2.45, 2.75) is 57.2 Å². The third-order valence-electron chi connectivity index (χ3n) is 4.88. The normalized spacial score (nSPS) is 26.7. The summed E-state index contributed by atoms with van der Waals surface area (Å²) in [6.45, 7) is 3.89. The fraction of sp³-hybridized carbons (Fsp3) is 0.647. The number of ether oxygens (including phenoxy) is 1. The van der Waals surface area contributed by atoms with Gasteiger partial charge in [0.15, 0.2) is 0 Å². The minimum Gasteiger partial charge on any atom is -0.374 e. The van der Waals surface area contributed by atoms with Crippen LogP contribution in [0.25, 0.3) is 0 Å². The molecule has 3 atom stereocenters. The van der Waals surface area contributed by atoms with Gasteiger partial charge in [-0.05, 0) is 49.8 Å². The van der Waals surface area contributed by atoms with Gasteiger partial charge in [-0.2, -0.15) is 0 Å². The van der Waals surface area contributed by atoms with Crippen molar-refractivity contribution in [3.63, 3.8) is 0 Å². The van der Waals surface area contributed by atoms with Gasteiger partial charge in [0.2, 0.25) is 0 Å². The maximum absolute atomic E-state index is 6.48. The van der Waals surface area contributed by atoms with Crippen LogP contribution in [0.15, 0.2) is 18.2 Å².